The molecule has 0 aromatic rings. The van der Waals surface area contributed by atoms with Crippen LogP contribution in [0.1, 0.15) is 26.7 Å². The molecular weight excluding hydrogens is 256 g/mol. The quantitative estimate of drug-likeness (QED) is 0.524. The molecule has 2 amide bonds. The normalized spacial score (nSPS) is 11.7. The molecule has 0 saturated carbocycles. The monoisotopic (exact) mass is 276 g/mol. The van der Waals surface area contributed by atoms with Gasteiger partial charge in [0.1, 0.15) is 6.04 Å². The van der Waals surface area contributed by atoms with Crippen molar-refractivity contribution in [2.75, 3.05) is 18.1 Å². The molecular formula is C11H20N2O4S. The number of aliphatic carboxylic acids is 1. The zero-order valence-corrected chi connectivity index (χ0v) is 11.5. The van der Waals surface area contributed by atoms with Crippen LogP contribution in [0.4, 0.5) is 0 Å². The van der Waals surface area contributed by atoms with Crippen molar-refractivity contribution < 1.29 is 19.5 Å². The van der Waals surface area contributed by atoms with Crippen LogP contribution in [0.3, 0.4) is 0 Å². The summed E-state index contributed by atoms with van der Waals surface area (Å²) in [6, 6.07) is -0.948. The maximum absolute atomic E-state index is 11.3. The summed E-state index contributed by atoms with van der Waals surface area (Å²) in [5, 5.41) is 13.9. The fourth-order valence-electron chi connectivity index (χ4n) is 1.15. The Labute approximate surface area is 111 Å². The summed E-state index contributed by atoms with van der Waals surface area (Å²) < 4.78 is 0. The molecule has 104 valence electrons. The van der Waals surface area contributed by atoms with Gasteiger partial charge >= 0.3 is 5.97 Å². The van der Waals surface area contributed by atoms with Gasteiger partial charge in [-0.3, -0.25) is 9.59 Å². The van der Waals surface area contributed by atoms with Crippen LogP contribution >= 0.6 is 11.8 Å². The van der Waals surface area contributed by atoms with Crippen LogP contribution in [0.15, 0.2) is 0 Å². The average molecular weight is 276 g/mol. The van der Waals surface area contributed by atoms with Crippen molar-refractivity contribution in [1.82, 2.24) is 10.6 Å². The van der Waals surface area contributed by atoms with Crippen molar-refractivity contribution >= 4 is 29.5 Å². The van der Waals surface area contributed by atoms with Gasteiger partial charge in [0.05, 0.1) is 5.75 Å². The summed E-state index contributed by atoms with van der Waals surface area (Å²) in [7, 11) is 0. The molecule has 0 heterocycles. The standard InChI is InChI=1S/C11H20N2O4S/c1-3-4-5-12-10(15)7-18-6-9(11(16)17)13-8(2)14/h9H,3-7H2,1-2H3,(H,12,15)(H,13,14)(H,16,17)/t9-/m0/s1. The Balaban J connectivity index is 3.81. The molecule has 18 heavy (non-hydrogen) atoms. The summed E-state index contributed by atoms with van der Waals surface area (Å²) >= 11 is 1.19. The Morgan fingerprint density at radius 2 is 2.00 bits per heavy atom. The van der Waals surface area contributed by atoms with Gasteiger partial charge in [0.2, 0.25) is 11.8 Å². The first-order valence-electron chi connectivity index (χ1n) is 5.81. The third-order valence-electron chi connectivity index (χ3n) is 2.05. The van der Waals surface area contributed by atoms with E-state index < -0.39 is 17.9 Å². The molecule has 0 saturated heterocycles. The fraction of sp³-hybridized carbons (Fsp3) is 0.727. The molecule has 1 atom stereocenters. The second-order valence-corrected chi connectivity index (χ2v) is 4.84. The lowest BCUT2D eigenvalue weighted by atomic mass is 10.3. The summed E-state index contributed by atoms with van der Waals surface area (Å²) in [5.74, 6) is -1.22. The Kier molecular flexibility index (Phi) is 9.08. The van der Waals surface area contributed by atoms with E-state index in [9.17, 15) is 14.4 Å². The van der Waals surface area contributed by atoms with Gasteiger partial charge < -0.3 is 15.7 Å². The summed E-state index contributed by atoms with van der Waals surface area (Å²) in [4.78, 5) is 32.9. The molecule has 0 aromatic heterocycles. The van der Waals surface area contributed by atoms with Gasteiger partial charge in [-0.2, -0.15) is 0 Å². The molecule has 0 radical (unpaired) electrons. The number of amides is 2. The SMILES string of the molecule is CCCCNC(=O)CSC[C@H](NC(C)=O)C(=O)O. The van der Waals surface area contributed by atoms with Crippen molar-refractivity contribution in [1.29, 1.82) is 0 Å². The van der Waals surface area contributed by atoms with Crippen LogP contribution in [-0.2, 0) is 14.4 Å². The lowest BCUT2D eigenvalue weighted by molar-refractivity contribution is -0.140. The third-order valence-corrected chi connectivity index (χ3v) is 3.08. The number of hydrogen-bond donors (Lipinski definition) is 3. The highest BCUT2D eigenvalue weighted by molar-refractivity contribution is 8.00. The number of hydrogen-bond acceptors (Lipinski definition) is 4. The Bertz CT molecular complexity index is 297. The van der Waals surface area contributed by atoms with Crippen molar-refractivity contribution in [3.63, 3.8) is 0 Å². The molecule has 0 unspecified atom stereocenters. The number of nitrogens with one attached hydrogen (secondary N) is 2. The second kappa shape index (κ2) is 9.76. The Morgan fingerprint density at radius 3 is 2.50 bits per heavy atom. The third kappa shape index (κ3) is 8.86. The second-order valence-electron chi connectivity index (χ2n) is 3.81. The van der Waals surface area contributed by atoms with E-state index in [1.54, 1.807) is 0 Å². The van der Waals surface area contributed by atoms with Gasteiger partial charge in [0, 0.05) is 19.2 Å². The van der Waals surface area contributed by atoms with E-state index in [0.29, 0.717) is 6.54 Å². The molecule has 0 aliphatic heterocycles. The minimum Gasteiger partial charge on any atom is -0.480 e. The molecule has 0 bridgehead atoms. The molecule has 7 heteroatoms. The minimum absolute atomic E-state index is 0.111. The van der Waals surface area contributed by atoms with Gasteiger partial charge in [-0.25, -0.2) is 4.79 Å². The highest BCUT2D eigenvalue weighted by atomic mass is 32.2. The molecule has 0 fully saturated rings. The number of carbonyl (C=O) groups is 3. The molecule has 0 spiro atoms. The first-order chi connectivity index (χ1) is 8.47. The lowest BCUT2D eigenvalue weighted by Crippen LogP contribution is -2.41. The summed E-state index contributed by atoms with van der Waals surface area (Å²) in [5.41, 5.74) is 0. The van der Waals surface area contributed by atoms with Gasteiger partial charge in [0.25, 0.3) is 0 Å². The zero-order chi connectivity index (χ0) is 14.0. The van der Waals surface area contributed by atoms with Gasteiger partial charge in [-0.1, -0.05) is 13.3 Å². The summed E-state index contributed by atoms with van der Waals surface area (Å²) in [6.45, 7) is 3.94. The number of carbonyl (C=O) groups excluding carboxylic acids is 2. The van der Waals surface area contributed by atoms with Crippen molar-refractivity contribution in [3.05, 3.63) is 0 Å². The lowest BCUT2D eigenvalue weighted by Gasteiger charge is -2.12. The fourth-order valence-corrected chi connectivity index (χ4v) is 2.01. The van der Waals surface area contributed by atoms with E-state index in [0.717, 1.165) is 12.8 Å². The van der Waals surface area contributed by atoms with Crippen LogP contribution in [0.2, 0.25) is 0 Å². The van der Waals surface area contributed by atoms with Gasteiger partial charge in [-0.15, -0.1) is 11.8 Å². The predicted molar refractivity (Wildman–Crippen MR) is 70.5 cm³/mol. The molecule has 0 aromatic carbocycles. The largest absolute Gasteiger partial charge is 0.480 e. The van der Waals surface area contributed by atoms with Gasteiger partial charge in [0.15, 0.2) is 0 Å². The number of carboxylic acid groups (broad SMARTS) is 1. The maximum atomic E-state index is 11.3. The van der Waals surface area contributed by atoms with Crippen molar-refractivity contribution in [3.8, 4) is 0 Å². The average Bonchev–Trinajstić information content (AvgIpc) is 2.27. The van der Waals surface area contributed by atoms with Gasteiger partial charge in [-0.05, 0) is 6.42 Å². The molecule has 0 aliphatic carbocycles. The van der Waals surface area contributed by atoms with E-state index in [4.69, 9.17) is 5.11 Å². The molecule has 0 aliphatic rings. The van der Waals surface area contributed by atoms with Crippen LogP contribution in [-0.4, -0.2) is 47.0 Å². The number of carboxylic acids is 1. The van der Waals surface area contributed by atoms with Crippen LogP contribution in [0.25, 0.3) is 0 Å². The molecule has 6 nitrogen and oxygen atoms in total. The smallest absolute Gasteiger partial charge is 0.327 e. The first kappa shape index (κ1) is 16.8. The Morgan fingerprint density at radius 1 is 1.33 bits per heavy atom. The minimum atomic E-state index is -1.09. The maximum Gasteiger partial charge on any atom is 0.327 e. The number of unbranched alkanes of at least 4 members (excludes halogenated alkanes) is 1. The summed E-state index contributed by atoms with van der Waals surface area (Å²) in [6.07, 6.45) is 1.94. The molecule has 0 rings (SSSR count). The van der Waals surface area contributed by atoms with E-state index in [-0.39, 0.29) is 17.4 Å². The van der Waals surface area contributed by atoms with E-state index >= 15 is 0 Å². The number of rotatable bonds is 9. The van der Waals surface area contributed by atoms with E-state index in [1.165, 1.54) is 18.7 Å². The van der Waals surface area contributed by atoms with Crippen LogP contribution in [0, 0.1) is 0 Å². The highest BCUT2D eigenvalue weighted by Gasteiger charge is 2.18. The molecule has 3 N–H and O–H groups in total. The van der Waals surface area contributed by atoms with Crippen molar-refractivity contribution in [2.24, 2.45) is 0 Å². The Hall–Kier alpha value is -1.24. The highest BCUT2D eigenvalue weighted by Crippen LogP contribution is 2.03. The van der Waals surface area contributed by atoms with Crippen molar-refractivity contribution in [2.45, 2.75) is 32.7 Å². The predicted octanol–water partition coefficient (Wildman–Crippen LogP) is 0.225. The van der Waals surface area contributed by atoms with Crippen LogP contribution in [0.5, 0.6) is 0 Å². The van der Waals surface area contributed by atoms with E-state index in [1.807, 2.05) is 6.92 Å². The topological polar surface area (TPSA) is 95.5 Å². The first-order valence-corrected chi connectivity index (χ1v) is 6.97. The zero-order valence-electron chi connectivity index (χ0n) is 10.7. The van der Waals surface area contributed by atoms with Crippen LogP contribution < -0.4 is 10.6 Å². The number of thioether (sulfide) groups is 1. The van der Waals surface area contributed by atoms with E-state index in [2.05, 4.69) is 10.6 Å².